The number of esters is 1. The van der Waals surface area contributed by atoms with Crippen LogP contribution in [0.4, 0.5) is 0 Å². The van der Waals surface area contributed by atoms with E-state index in [1.807, 2.05) is 0 Å². The Kier molecular flexibility index (Phi) is 4.43. The summed E-state index contributed by atoms with van der Waals surface area (Å²) in [7, 11) is 0. The first-order chi connectivity index (χ1) is 7.18. The predicted molar refractivity (Wildman–Crippen MR) is 51.3 cm³/mol. The highest BCUT2D eigenvalue weighted by atomic mass is 17.2. The molecule has 0 aliphatic heterocycles. The number of rotatable bonds is 5. The second-order valence-corrected chi connectivity index (χ2v) is 2.74. The number of carbonyl (C=O) groups excluding carboxylic acids is 1. The van der Waals surface area contributed by atoms with Gasteiger partial charge in [0.15, 0.2) is 5.75 Å². The molecule has 0 bridgehead atoms. The Morgan fingerprint density at radius 3 is 2.87 bits per heavy atom. The molecule has 1 aromatic carbocycles. The lowest BCUT2D eigenvalue weighted by Crippen LogP contribution is -2.09. The van der Waals surface area contributed by atoms with E-state index in [1.165, 1.54) is 19.1 Å². The third-order valence-electron chi connectivity index (χ3n) is 1.44. The van der Waals surface area contributed by atoms with Crippen molar-refractivity contribution in [1.29, 1.82) is 0 Å². The molecule has 5 heteroatoms. The van der Waals surface area contributed by atoms with Crippen molar-refractivity contribution in [2.45, 2.75) is 6.92 Å². The Hall–Kier alpha value is -1.75. The highest BCUT2D eigenvalue weighted by Gasteiger charge is 1.97. The SMILES string of the molecule is CC(=O)OCCOOc1cccc(O)c1. The Morgan fingerprint density at radius 1 is 1.40 bits per heavy atom. The molecule has 0 aromatic heterocycles. The van der Waals surface area contributed by atoms with Crippen molar-refractivity contribution in [2.24, 2.45) is 0 Å². The van der Waals surface area contributed by atoms with E-state index in [1.54, 1.807) is 12.1 Å². The van der Waals surface area contributed by atoms with E-state index < -0.39 is 0 Å². The van der Waals surface area contributed by atoms with Crippen LogP contribution in [0.15, 0.2) is 24.3 Å². The molecule has 5 nitrogen and oxygen atoms in total. The molecular weight excluding hydrogens is 200 g/mol. The second-order valence-electron chi connectivity index (χ2n) is 2.74. The fourth-order valence-corrected chi connectivity index (χ4v) is 0.864. The van der Waals surface area contributed by atoms with Crippen molar-refractivity contribution in [3.05, 3.63) is 24.3 Å². The largest absolute Gasteiger partial charge is 0.508 e. The maximum Gasteiger partial charge on any atom is 0.302 e. The van der Waals surface area contributed by atoms with Gasteiger partial charge >= 0.3 is 5.97 Å². The van der Waals surface area contributed by atoms with Crippen LogP contribution < -0.4 is 4.89 Å². The summed E-state index contributed by atoms with van der Waals surface area (Å²) < 4.78 is 4.61. The molecule has 0 saturated carbocycles. The van der Waals surface area contributed by atoms with Gasteiger partial charge in [-0.2, -0.15) is 4.89 Å². The highest BCUT2D eigenvalue weighted by Crippen LogP contribution is 2.17. The average molecular weight is 212 g/mol. The fraction of sp³-hybridized carbons (Fsp3) is 0.300. The number of ether oxygens (including phenoxy) is 1. The number of phenols is 1. The maximum absolute atomic E-state index is 10.4. The van der Waals surface area contributed by atoms with Crippen molar-refractivity contribution < 1.29 is 24.4 Å². The minimum Gasteiger partial charge on any atom is -0.508 e. The van der Waals surface area contributed by atoms with E-state index in [9.17, 15) is 4.79 Å². The number of aromatic hydroxyl groups is 1. The van der Waals surface area contributed by atoms with Gasteiger partial charge in [0.25, 0.3) is 0 Å². The van der Waals surface area contributed by atoms with Crippen molar-refractivity contribution >= 4 is 5.97 Å². The first-order valence-electron chi connectivity index (χ1n) is 4.40. The molecule has 0 atom stereocenters. The summed E-state index contributed by atoms with van der Waals surface area (Å²) in [4.78, 5) is 19.9. The lowest BCUT2D eigenvalue weighted by molar-refractivity contribution is -0.215. The molecule has 15 heavy (non-hydrogen) atoms. The van der Waals surface area contributed by atoms with E-state index in [0.29, 0.717) is 5.75 Å². The van der Waals surface area contributed by atoms with Crippen LogP contribution in [0.3, 0.4) is 0 Å². The van der Waals surface area contributed by atoms with Gasteiger partial charge in [0.1, 0.15) is 19.0 Å². The topological polar surface area (TPSA) is 65.0 Å². The zero-order valence-electron chi connectivity index (χ0n) is 8.30. The van der Waals surface area contributed by atoms with Crippen molar-refractivity contribution in [1.82, 2.24) is 0 Å². The van der Waals surface area contributed by atoms with E-state index in [2.05, 4.69) is 4.74 Å². The molecular formula is C10H12O5. The van der Waals surface area contributed by atoms with Crippen LogP contribution in [-0.2, 0) is 14.4 Å². The van der Waals surface area contributed by atoms with Gasteiger partial charge in [-0.15, -0.1) is 0 Å². The maximum atomic E-state index is 10.4. The molecule has 0 unspecified atom stereocenters. The van der Waals surface area contributed by atoms with E-state index in [-0.39, 0.29) is 24.9 Å². The number of benzene rings is 1. The molecule has 0 heterocycles. The molecule has 1 aromatic rings. The third kappa shape index (κ3) is 4.87. The smallest absolute Gasteiger partial charge is 0.302 e. The van der Waals surface area contributed by atoms with E-state index in [4.69, 9.17) is 14.9 Å². The quantitative estimate of drug-likeness (QED) is 0.344. The minimum absolute atomic E-state index is 0.0936. The Morgan fingerprint density at radius 2 is 2.20 bits per heavy atom. The summed E-state index contributed by atoms with van der Waals surface area (Å²) in [6, 6.07) is 6.18. The Labute approximate surface area is 87.1 Å². The van der Waals surface area contributed by atoms with Gasteiger partial charge in [0.2, 0.25) is 0 Å². The Bertz CT molecular complexity index is 323. The van der Waals surface area contributed by atoms with Crippen LogP contribution >= 0.6 is 0 Å². The van der Waals surface area contributed by atoms with Crippen LogP contribution in [-0.4, -0.2) is 24.3 Å². The first kappa shape index (κ1) is 11.3. The van der Waals surface area contributed by atoms with E-state index in [0.717, 1.165) is 0 Å². The highest BCUT2D eigenvalue weighted by molar-refractivity contribution is 5.65. The molecule has 0 radical (unpaired) electrons. The van der Waals surface area contributed by atoms with Crippen LogP contribution in [0, 0.1) is 0 Å². The van der Waals surface area contributed by atoms with Gasteiger partial charge in [-0.05, 0) is 12.1 Å². The number of carbonyl (C=O) groups is 1. The van der Waals surface area contributed by atoms with Crippen LogP contribution in [0.25, 0.3) is 0 Å². The van der Waals surface area contributed by atoms with Crippen LogP contribution in [0.2, 0.25) is 0 Å². The molecule has 1 N–H and O–H groups in total. The van der Waals surface area contributed by atoms with Crippen LogP contribution in [0.1, 0.15) is 6.92 Å². The molecule has 0 fully saturated rings. The van der Waals surface area contributed by atoms with Gasteiger partial charge in [-0.3, -0.25) is 4.79 Å². The number of hydrogen-bond donors (Lipinski definition) is 1. The molecule has 82 valence electrons. The third-order valence-corrected chi connectivity index (χ3v) is 1.44. The molecule has 0 spiro atoms. The summed E-state index contributed by atoms with van der Waals surface area (Å²) >= 11 is 0. The zero-order valence-corrected chi connectivity index (χ0v) is 8.30. The zero-order chi connectivity index (χ0) is 11.1. The Balaban J connectivity index is 2.17. The summed E-state index contributed by atoms with van der Waals surface area (Å²) in [5.41, 5.74) is 0. The van der Waals surface area contributed by atoms with Gasteiger partial charge in [-0.25, -0.2) is 0 Å². The average Bonchev–Trinajstić information content (AvgIpc) is 2.17. The van der Waals surface area contributed by atoms with Crippen molar-refractivity contribution in [3.63, 3.8) is 0 Å². The number of hydrogen-bond acceptors (Lipinski definition) is 5. The van der Waals surface area contributed by atoms with Gasteiger partial charge in [-0.1, -0.05) is 6.07 Å². The lowest BCUT2D eigenvalue weighted by Gasteiger charge is -2.05. The standard InChI is InChI=1S/C10H12O5/c1-8(11)13-5-6-14-15-10-4-2-3-9(12)7-10/h2-4,7,12H,5-6H2,1H3. The molecule has 0 amide bonds. The molecule has 0 aliphatic carbocycles. The van der Waals surface area contributed by atoms with Crippen molar-refractivity contribution in [3.8, 4) is 11.5 Å². The summed E-state index contributed by atoms with van der Waals surface area (Å²) in [6.07, 6.45) is 0. The summed E-state index contributed by atoms with van der Waals surface area (Å²) in [6.45, 7) is 1.58. The first-order valence-corrected chi connectivity index (χ1v) is 4.40. The second kappa shape index (κ2) is 5.87. The molecule has 0 saturated heterocycles. The molecule has 1 rings (SSSR count). The predicted octanol–water partition coefficient (Wildman–Crippen LogP) is 1.27. The van der Waals surface area contributed by atoms with Gasteiger partial charge in [0.05, 0.1) is 0 Å². The summed E-state index contributed by atoms with van der Waals surface area (Å²) in [5, 5.41) is 9.08. The normalized spacial score (nSPS) is 9.67. The van der Waals surface area contributed by atoms with E-state index >= 15 is 0 Å². The molecule has 0 aliphatic rings. The summed E-state index contributed by atoms with van der Waals surface area (Å²) in [5.74, 6) is 0.116. The fourth-order valence-electron chi connectivity index (χ4n) is 0.864. The number of phenolic OH excluding ortho intramolecular Hbond substituents is 1. The van der Waals surface area contributed by atoms with Crippen LogP contribution in [0.5, 0.6) is 11.5 Å². The monoisotopic (exact) mass is 212 g/mol. The lowest BCUT2D eigenvalue weighted by atomic mass is 10.3. The van der Waals surface area contributed by atoms with Gasteiger partial charge in [0, 0.05) is 13.0 Å². The van der Waals surface area contributed by atoms with Crippen molar-refractivity contribution in [2.75, 3.05) is 13.2 Å². The minimum atomic E-state index is -0.365. The van der Waals surface area contributed by atoms with Gasteiger partial charge < -0.3 is 14.7 Å².